The van der Waals surface area contributed by atoms with E-state index in [1.54, 1.807) is 88.5 Å². The number of phenolic OH excluding ortho intramolecular Hbond substituents is 2. The molecular formula is C95H135N25O23S. The summed E-state index contributed by atoms with van der Waals surface area (Å²) < 4.78 is 0. The number of para-hydroxylation sites is 1. The molecule has 16 unspecified atom stereocenters. The van der Waals surface area contributed by atoms with Crippen LogP contribution in [0.15, 0.2) is 122 Å². The number of aromatic hydroxyl groups is 2. The van der Waals surface area contributed by atoms with Crippen LogP contribution < -0.4 is 108 Å². The number of H-pyrrole nitrogens is 2. The highest BCUT2D eigenvalue weighted by molar-refractivity contribution is 7.98. The van der Waals surface area contributed by atoms with E-state index in [2.05, 4.69) is 105 Å². The number of rotatable bonds is 62. The molecule has 144 heavy (non-hydrogen) atoms. The molecule has 0 aliphatic heterocycles. The molecule has 16 atom stereocenters. The largest absolute Gasteiger partial charge is 0.508 e. The van der Waals surface area contributed by atoms with Gasteiger partial charge in [0.05, 0.1) is 31.0 Å². The molecule has 2 heterocycles. The fraction of sp³-hybridized carbons (Fsp3) is 0.484. The van der Waals surface area contributed by atoms with Crippen molar-refractivity contribution in [3.63, 3.8) is 0 Å². The van der Waals surface area contributed by atoms with Crippen LogP contribution in [-0.4, -0.2) is 281 Å². The Hall–Kier alpha value is -15.5. The van der Waals surface area contributed by atoms with Crippen LogP contribution in [0.25, 0.3) is 10.9 Å². The van der Waals surface area contributed by atoms with Crippen molar-refractivity contribution in [3.8, 4) is 11.5 Å². The van der Waals surface area contributed by atoms with Gasteiger partial charge in [-0.05, 0) is 141 Å². The number of nitrogens with zero attached hydrogens (tertiary/aromatic N) is 1. The number of phenols is 2. The molecule has 784 valence electrons. The highest BCUT2D eigenvalue weighted by Gasteiger charge is 2.40. The highest BCUT2D eigenvalue weighted by Crippen LogP contribution is 2.23. The predicted molar refractivity (Wildman–Crippen MR) is 529 cm³/mol. The smallest absolute Gasteiger partial charge is 0.326 e. The predicted octanol–water partition coefficient (Wildman–Crippen LogP) is -2.46. The van der Waals surface area contributed by atoms with Gasteiger partial charge in [0.15, 0.2) is 11.9 Å². The van der Waals surface area contributed by atoms with Crippen LogP contribution >= 0.6 is 11.8 Å². The molecule has 0 saturated carbocycles. The SMILES string of the molecule is CCC(C)C(NC(=O)C(Cc1ccccc1)NC(=O)C(Cc1ccc(O)cc1)NC(=O)C(Cc1c[nH]cn1)NC(=O)C(N)CCCNC(=N)N)C(=O)NC(C)C(=O)NC(C)C(=O)NC(C(=O)NC(CCC(=O)O)C(=O)NC(CCCNC(=N)N)C(=O)NC(CC(C)C)C(=O)NC(Cc1c[nH]c2ccccc12)C(=O)NC(CC(=O)O)C(=O)NC(Cc1ccc(O)cc1)C(=O)NCC(=O)NC(CCSC)C(=O)O)C(C)C. The molecule has 0 fully saturated rings. The Balaban J connectivity index is 1.19. The maximum atomic E-state index is 15.1. The van der Waals surface area contributed by atoms with Gasteiger partial charge in [0.25, 0.3) is 0 Å². The number of hydrogen-bond donors (Lipinski definition) is 29. The molecule has 15 amide bonds. The molecule has 48 nitrogen and oxygen atoms in total. The summed E-state index contributed by atoms with van der Waals surface area (Å²) in [7, 11) is 0. The zero-order chi connectivity index (χ0) is 107. The molecule has 6 rings (SSSR count). The molecule has 32 N–H and O–H groups in total. The third-order valence-corrected chi connectivity index (χ3v) is 23.7. The van der Waals surface area contributed by atoms with Gasteiger partial charge in [0, 0.05) is 74.9 Å². The molecule has 6 aromatic rings. The Morgan fingerprint density at radius 2 is 0.861 bits per heavy atom. The second-order valence-electron chi connectivity index (χ2n) is 35.6. The Kier molecular flexibility index (Phi) is 48.3. The monoisotopic (exact) mass is 2030 g/mol. The number of amides is 15. The molecule has 4 aromatic carbocycles. The summed E-state index contributed by atoms with van der Waals surface area (Å²) in [4.78, 5) is 264. The van der Waals surface area contributed by atoms with Crippen molar-refractivity contribution in [1.82, 2.24) is 105 Å². The Morgan fingerprint density at radius 3 is 1.38 bits per heavy atom. The van der Waals surface area contributed by atoms with Gasteiger partial charge in [-0.3, -0.25) is 92.3 Å². The van der Waals surface area contributed by atoms with E-state index in [1.165, 1.54) is 107 Å². The summed E-state index contributed by atoms with van der Waals surface area (Å²) in [6.07, 6.45) is 2.43. The number of fused-ring (bicyclic) bond motifs is 1. The molecule has 0 radical (unpaired) electrons. The number of aromatic nitrogens is 3. The number of aromatic amines is 2. The van der Waals surface area contributed by atoms with Gasteiger partial charge in [-0.1, -0.05) is 121 Å². The number of thioether (sulfide) groups is 1. The number of carboxylic acids is 3. The van der Waals surface area contributed by atoms with Crippen LogP contribution in [-0.2, 0) is 118 Å². The minimum absolute atomic E-state index is 0.0383. The summed E-state index contributed by atoms with van der Waals surface area (Å²) in [5.41, 5.74) is 19.8. The van der Waals surface area contributed by atoms with Gasteiger partial charge >= 0.3 is 17.9 Å². The number of carbonyl (C=O) groups is 18. The fourth-order valence-electron chi connectivity index (χ4n) is 14.9. The number of imidazole rings is 1. The molecular weight excluding hydrogens is 1890 g/mol. The first-order chi connectivity index (χ1) is 68.2. The van der Waals surface area contributed by atoms with Gasteiger partial charge in [0.1, 0.15) is 96.1 Å². The first-order valence-corrected chi connectivity index (χ1v) is 48.3. The summed E-state index contributed by atoms with van der Waals surface area (Å²) in [5.74, 6) is -21.9. The van der Waals surface area contributed by atoms with Crippen LogP contribution in [0.1, 0.15) is 148 Å². The molecule has 0 saturated heterocycles. The van der Waals surface area contributed by atoms with E-state index in [0.29, 0.717) is 51.0 Å². The second kappa shape index (κ2) is 59.3. The molecule has 49 heteroatoms. The minimum atomic E-state index is -2.03. The van der Waals surface area contributed by atoms with Crippen molar-refractivity contribution < 1.29 is 112 Å². The lowest BCUT2D eigenvalue weighted by atomic mass is 9.96. The van der Waals surface area contributed by atoms with Crippen molar-refractivity contribution >= 4 is 141 Å². The van der Waals surface area contributed by atoms with E-state index in [-0.39, 0.29) is 101 Å². The van der Waals surface area contributed by atoms with Crippen molar-refractivity contribution in [3.05, 3.63) is 150 Å². The normalized spacial score (nSPS) is 14.5. The second-order valence-corrected chi connectivity index (χ2v) is 36.5. The number of hydrogen-bond acceptors (Lipinski definition) is 25. The fourth-order valence-corrected chi connectivity index (χ4v) is 15.3. The molecule has 2 aromatic heterocycles. The third-order valence-electron chi connectivity index (χ3n) is 23.1. The average molecular weight is 2030 g/mol. The zero-order valence-electron chi connectivity index (χ0n) is 81.5. The van der Waals surface area contributed by atoms with Crippen molar-refractivity contribution in [2.24, 2.45) is 35.0 Å². The van der Waals surface area contributed by atoms with Crippen molar-refractivity contribution in [1.29, 1.82) is 10.8 Å². The maximum absolute atomic E-state index is 15.1. The first kappa shape index (κ1) is 117. The first-order valence-electron chi connectivity index (χ1n) is 46.9. The van der Waals surface area contributed by atoms with Crippen molar-refractivity contribution in [2.75, 3.05) is 31.6 Å². The topological polar surface area (TPSA) is 783 Å². The molecule has 0 aliphatic rings. The van der Waals surface area contributed by atoms with Gasteiger partial charge < -0.3 is 143 Å². The Morgan fingerprint density at radius 1 is 0.424 bits per heavy atom. The van der Waals surface area contributed by atoms with E-state index in [4.69, 9.17) is 28.0 Å². The third kappa shape index (κ3) is 40.6. The summed E-state index contributed by atoms with van der Waals surface area (Å²) >= 11 is 1.33. The van der Waals surface area contributed by atoms with E-state index in [0.717, 1.165) is 0 Å². The quantitative estimate of drug-likeness (QED) is 0.0107. The number of carboxylic acid groups (broad SMARTS) is 3. The van der Waals surface area contributed by atoms with Crippen LogP contribution in [0.2, 0.25) is 0 Å². The number of nitrogens with one attached hydrogen (secondary N) is 21. The van der Waals surface area contributed by atoms with E-state index in [1.807, 2.05) is 0 Å². The lowest BCUT2D eigenvalue weighted by molar-refractivity contribution is -0.142. The van der Waals surface area contributed by atoms with Crippen LogP contribution in [0.3, 0.4) is 0 Å². The number of carbonyl (C=O) groups excluding carboxylic acids is 15. The average Bonchev–Trinajstić information content (AvgIpc) is 1.62. The summed E-state index contributed by atoms with van der Waals surface area (Å²) in [6.45, 7) is 11.6. The molecule has 0 bridgehead atoms. The maximum Gasteiger partial charge on any atom is 0.326 e. The standard InChI is InChI=1S/C95H135N25O23S/c1-10-51(6)78(120-90(139)70(39-54-18-12-11-13-19-54)116-86(135)69(41-56-26-30-60(122)31-27-56)115-88(137)72(43-58-46-101-48-106-58)112-81(130)62(96)21-16-35-102-94(97)98)92(141)108-52(7)79(128)107-53(8)80(129)119-77(50(4)5)91(140)111-65(32-33-75(124)125)84(133)110-64(23-17-36-103-95(99)100)83(132)113-67(38-49(2)3)85(134)117-71(42-57-45-104-63-22-15-14-20-61(57)63)87(136)118-73(44-76(126)127)89(138)114-68(40-55-24-28-59(121)29-25-55)82(131)105-47-74(123)109-66(93(142)143)34-37-144-9/h11-15,18-20,22,24-31,45-46,48-53,62,64-73,77-78,104,121-122H,10,16-17,21,23,32-44,47,96H2,1-9H3,(H,101,106)(H,105,131)(H,107,128)(H,108,141)(H,109,123)(H,110,133)(H,111,140)(H,112,130)(H,113,132)(H,114,138)(H,115,137)(H,116,135)(H,117,134)(H,118,136)(H,119,129)(H,120,139)(H,124,125)(H,126,127)(H,142,143)(H4,97,98,102)(H4,99,100,103). The van der Waals surface area contributed by atoms with Crippen LogP contribution in [0.4, 0.5) is 0 Å². The molecule has 0 aliphatic carbocycles. The van der Waals surface area contributed by atoms with Gasteiger partial charge in [-0.25, -0.2) is 9.78 Å². The minimum Gasteiger partial charge on any atom is -0.508 e. The lowest BCUT2D eigenvalue weighted by Gasteiger charge is -2.29. The van der Waals surface area contributed by atoms with Crippen LogP contribution in [0, 0.1) is 28.6 Å². The number of guanidine groups is 2. The van der Waals surface area contributed by atoms with Gasteiger partial charge in [0.2, 0.25) is 88.6 Å². The van der Waals surface area contributed by atoms with Gasteiger partial charge in [-0.2, -0.15) is 11.8 Å². The number of aliphatic carboxylic acids is 3. The number of benzene rings is 4. The Bertz CT molecular complexity index is 5380. The lowest BCUT2D eigenvalue weighted by Crippen LogP contribution is -2.61. The van der Waals surface area contributed by atoms with Gasteiger partial charge in [-0.15, -0.1) is 0 Å². The Labute approximate surface area is 835 Å². The summed E-state index contributed by atoms with van der Waals surface area (Å²) in [5, 5.41) is 109. The molecule has 0 spiro atoms. The van der Waals surface area contributed by atoms with E-state index in [9.17, 15) is 107 Å². The van der Waals surface area contributed by atoms with E-state index >= 15 is 4.79 Å². The summed E-state index contributed by atoms with van der Waals surface area (Å²) in [6, 6.07) is 3.09. The highest BCUT2D eigenvalue weighted by atomic mass is 32.2. The van der Waals surface area contributed by atoms with E-state index < -0.39 is 247 Å². The number of nitrogens with two attached hydrogens (primary N) is 3. The van der Waals surface area contributed by atoms with Crippen molar-refractivity contribution in [2.45, 2.75) is 242 Å². The zero-order valence-corrected chi connectivity index (χ0v) is 82.4. The van der Waals surface area contributed by atoms with Crippen LogP contribution in [0.5, 0.6) is 11.5 Å².